The summed E-state index contributed by atoms with van der Waals surface area (Å²) in [4.78, 5) is 26.0. The summed E-state index contributed by atoms with van der Waals surface area (Å²) in [6.45, 7) is 12.2. The topological polar surface area (TPSA) is 63.4 Å². The summed E-state index contributed by atoms with van der Waals surface area (Å²) < 4.78 is 6.23. The number of ether oxygens (including phenoxy) is 1. The maximum Gasteiger partial charge on any atom is 0.239 e. The summed E-state index contributed by atoms with van der Waals surface area (Å²) in [5.41, 5.74) is 8.37. The minimum Gasteiger partial charge on any atom is -0.487 e. The molecule has 0 bridgehead atoms. The van der Waals surface area contributed by atoms with Gasteiger partial charge in [0.2, 0.25) is 5.78 Å². The first-order valence-electron chi connectivity index (χ1n) is 13.5. The fourth-order valence-electron chi connectivity index (χ4n) is 4.60. The van der Waals surface area contributed by atoms with Crippen molar-refractivity contribution < 1.29 is 9.53 Å². The van der Waals surface area contributed by atoms with Crippen LogP contribution in [0.2, 0.25) is 0 Å². The average Bonchev–Trinajstić information content (AvgIpc) is 3.57. The molecule has 0 unspecified atom stereocenters. The Morgan fingerprint density at radius 3 is 2.64 bits per heavy atom. The van der Waals surface area contributed by atoms with E-state index in [0.717, 1.165) is 59.4 Å². The van der Waals surface area contributed by atoms with Crippen molar-refractivity contribution in [3.8, 4) is 17.6 Å². The van der Waals surface area contributed by atoms with Crippen LogP contribution in [0.15, 0.2) is 67.8 Å². The smallest absolute Gasteiger partial charge is 0.239 e. The highest BCUT2D eigenvalue weighted by atomic mass is 16.5. The van der Waals surface area contributed by atoms with Crippen molar-refractivity contribution in [2.75, 3.05) is 14.1 Å². The molecule has 39 heavy (non-hydrogen) atoms. The molecule has 5 nitrogen and oxygen atoms in total. The summed E-state index contributed by atoms with van der Waals surface area (Å²) in [6, 6.07) is 4.15. The molecule has 0 spiro atoms. The van der Waals surface area contributed by atoms with Gasteiger partial charge in [0.25, 0.3) is 0 Å². The lowest BCUT2D eigenvalue weighted by Gasteiger charge is -2.16. The fourth-order valence-corrected chi connectivity index (χ4v) is 4.60. The highest BCUT2D eigenvalue weighted by Crippen LogP contribution is 2.46. The number of carbonyl (C=O) groups excluding carboxylic acids is 1. The lowest BCUT2D eigenvalue weighted by atomic mass is 9.96. The van der Waals surface area contributed by atoms with Crippen LogP contribution >= 0.6 is 0 Å². The van der Waals surface area contributed by atoms with E-state index in [0.29, 0.717) is 11.3 Å². The van der Waals surface area contributed by atoms with Gasteiger partial charge in [-0.05, 0) is 87.9 Å². The molecule has 0 atom stereocenters. The minimum absolute atomic E-state index is 0.273. The van der Waals surface area contributed by atoms with Gasteiger partial charge in [0, 0.05) is 57.1 Å². The number of benzene rings is 1. The molecule has 2 aliphatic rings. The summed E-state index contributed by atoms with van der Waals surface area (Å²) >= 11 is 0. The van der Waals surface area contributed by atoms with Crippen LogP contribution in [0.3, 0.4) is 0 Å². The molecule has 1 radical (unpaired) electrons. The predicted molar refractivity (Wildman–Crippen MR) is 165 cm³/mol. The third-order valence-corrected chi connectivity index (χ3v) is 6.54. The highest BCUT2D eigenvalue weighted by molar-refractivity contribution is 6.22. The monoisotopic (exact) mass is 522 g/mol. The molecule has 0 aromatic heterocycles. The maximum absolute atomic E-state index is 13.1. The van der Waals surface area contributed by atoms with E-state index in [2.05, 4.69) is 79.1 Å². The van der Waals surface area contributed by atoms with Crippen LogP contribution in [-0.4, -0.2) is 43.6 Å². The number of carbonyl (C=O) groups is 1. The van der Waals surface area contributed by atoms with Crippen LogP contribution in [0, 0.1) is 18.3 Å². The molecular weight excluding hydrogens is 482 g/mol. The highest BCUT2D eigenvalue weighted by Gasteiger charge is 2.33. The third-order valence-electron chi connectivity index (χ3n) is 6.54. The molecule has 3 rings (SSSR count). The molecule has 0 amide bonds. The van der Waals surface area contributed by atoms with Gasteiger partial charge in [0.15, 0.2) is 0 Å². The first kappa shape index (κ1) is 29.8. The van der Waals surface area contributed by atoms with Gasteiger partial charge in [-0.25, -0.2) is 0 Å². The van der Waals surface area contributed by atoms with E-state index in [-0.39, 0.29) is 11.4 Å². The van der Waals surface area contributed by atoms with Crippen molar-refractivity contribution in [2.45, 2.75) is 72.8 Å². The third kappa shape index (κ3) is 8.10. The molecule has 203 valence electrons. The first-order valence-corrected chi connectivity index (χ1v) is 13.5. The molecule has 1 aromatic carbocycles. The lowest BCUT2D eigenvalue weighted by molar-refractivity contribution is -0.110. The number of rotatable bonds is 10. The van der Waals surface area contributed by atoms with Crippen molar-refractivity contribution in [1.29, 1.82) is 0 Å². The molecular formula is C34H40N3O2. The van der Waals surface area contributed by atoms with Gasteiger partial charge in [0.05, 0.1) is 11.3 Å². The summed E-state index contributed by atoms with van der Waals surface area (Å²) in [5, 5.41) is 0. The summed E-state index contributed by atoms with van der Waals surface area (Å²) in [6.07, 6.45) is 15.0. The number of hydrogen-bond donors (Lipinski definition) is 0. The van der Waals surface area contributed by atoms with E-state index in [1.165, 1.54) is 17.4 Å². The number of Topliss-reactive ketones (excluding diaryl/α,β-unsaturated/α-hetero) is 1. The van der Waals surface area contributed by atoms with Gasteiger partial charge in [-0.1, -0.05) is 36.5 Å². The number of nitrogens with zero attached hydrogens (tertiary/aromatic N) is 3. The van der Waals surface area contributed by atoms with Gasteiger partial charge in [0.1, 0.15) is 11.4 Å². The zero-order valence-corrected chi connectivity index (χ0v) is 24.6. The normalized spacial score (nSPS) is 17.4. The SMILES string of the molecule is C\C=C/C=N\C(C)=C(\C=NC)C(=O)C#Cc1cc2c(cc1C1=C(CC(/C=C(/C)CCC)=NC)[CH]1)OC(C)(C)C2. The average molecular weight is 523 g/mol. The zero-order valence-electron chi connectivity index (χ0n) is 24.6. The predicted octanol–water partition coefficient (Wildman–Crippen LogP) is 7.12. The van der Waals surface area contributed by atoms with E-state index in [9.17, 15) is 4.79 Å². The van der Waals surface area contributed by atoms with E-state index in [4.69, 9.17) is 4.74 Å². The molecule has 5 heteroatoms. The molecule has 0 saturated heterocycles. The van der Waals surface area contributed by atoms with Crippen LogP contribution in [-0.2, 0) is 11.2 Å². The Balaban J connectivity index is 2.00. The Hall–Kier alpha value is -3.78. The second-order valence-corrected chi connectivity index (χ2v) is 10.5. The second kappa shape index (κ2) is 13.3. The molecule has 0 fully saturated rings. The van der Waals surface area contributed by atoms with Crippen molar-refractivity contribution in [1.82, 2.24) is 0 Å². The van der Waals surface area contributed by atoms with Crippen LogP contribution in [0.5, 0.6) is 5.75 Å². The minimum atomic E-state index is -0.315. The van der Waals surface area contributed by atoms with Crippen molar-refractivity contribution in [2.24, 2.45) is 15.0 Å². The number of allylic oxidation sites excluding steroid dienone is 8. The molecule has 0 N–H and O–H groups in total. The Morgan fingerprint density at radius 2 is 1.97 bits per heavy atom. The Labute approximate surface area is 234 Å². The van der Waals surface area contributed by atoms with Crippen LogP contribution in [0.4, 0.5) is 0 Å². The largest absolute Gasteiger partial charge is 0.487 e. The quantitative estimate of drug-likeness (QED) is 0.187. The summed E-state index contributed by atoms with van der Waals surface area (Å²) in [5.74, 6) is 6.60. The lowest BCUT2D eigenvalue weighted by Crippen LogP contribution is -2.24. The number of fused-ring (bicyclic) bond motifs is 1. The van der Waals surface area contributed by atoms with Crippen LogP contribution < -0.4 is 4.74 Å². The van der Waals surface area contributed by atoms with E-state index >= 15 is 0 Å². The van der Waals surface area contributed by atoms with Crippen molar-refractivity contribution in [3.05, 3.63) is 75.9 Å². The Morgan fingerprint density at radius 1 is 1.21 bits per heavy atom. The van der Waals surface area contributed by atoms with Gasteiger partial charge in [-0.15, -0.1) is 0 Å². The van der Waals surface area contributed by atoms with Crippen LogP contribution in [0.25, 0.3) is 5.57 Å². The van der Waals surface area contributed by atoms with E-state index in [1.807, 2.05) is 26.1 Å². The van der Waals surface area contributed by atoms with Gasteiger partial charge < -0.3 is 4.74 Å². The Kier molecular flexibility index (Phi) is 10.2. The molecule has 1 aromatic rings. The molecule has 1 heterocycles. The van der Waals surface area contributed by atoms with Crippen molar-refractivity contribution >= 4 is 29.5 Å². The van der Waals surface area contributed by atoms with Gasteiger partial charge in [-0.2, -0.15) is 0 Å². The number of aliphatic imine (C=N–C) groups is 3. The van der Waals surface area contributed by atoms with Gasteiger partial charge in [-0.3, -0.25) is 19.8 Å². The number of hydrogen-bond acceptors (Lipinski definition) is 5. The summed E-state index contributed by atoms with van der Waals surface area (Å²) in [7, 11) is 3.48. The van der Waals surface area contributed by atoms with Crippen LogP contribution in [0.1, 0.15) is 77.5 Å². The van der Waals surface area contributed by atoms with E-state index < -0.39 is 0 Å². The maximum atomic E-state index is 13.1. The number of ketones is 1. The van der Waals surface area contributed by atoms with Gasteiger partial charge >= 0.3 is 0 Å². The fraction of sp³-hybridized carbons (Fsp3) is 0.382. The Bertz CT molecular complexity index is 1400. The first-order chi connectivity index (χ1) is 18.6. The molecule has 1 aliphatic carbocycles. The second-order valence-electron chi connectivity index (χ2n) is 10.5. The molecule has 0 saturated carbocycles. The standard InChI is InChI=1S/C34H40N3O2/c1-9-11-15-37-24(4)31(22-35-7)32(38)14-13-25-17-27-21-34(5,6)39-33(27)20-30(25)29-19-26(29)18-28(36-8)16-23(3)12-10-2/h9,11,15-17,19-20,22H,10,12,18,21H2,1-8H3/b11-9-,23-16-,31-24-,35-22?,36-28?,37-15-. The van der Waals surface area contributed by atoms with Crippen molar-refractivity contribution in [3.63, 3.8) is 0 Å². The van der Waals surface area contributed by atoms with E-state index in [1.54, 1.807) is 20.2 Å². The zero-order chi connectivity index (χ0) is 28.6. The molecule has 1 aliphatic heterocycles.